The number of carboxylic acid groups (broad SMARTS) is 2. The van der Waals surface area contributed by atoms with Crippen molar-refractivity contribution in [3.05, 3.63) is 24.8 Å². The third kappa shape index (κ3) is 5.66. The number of allylic oxidation sites excluding steroid dienone is 1. The van der Waals surface area contributed by atoms with E-state index in [-0.39, 0.29) is 6.42 Å². The molecule has 4 nitrogen and oxygen atoms in total. The van der Waals surface area contributed by atoms with Crippen molar-refractivity contribution in [1.82, 2.24) is 0 Å². The Labute approximate surface area is 76.2 Å². The molecule has 1 unspecified atom stereocenters. The van der Waals surface area contributed by atoms with Crippen molar-refractivity contribution in [2.24, 2.45) is 5.92 Å². The van der Waals surface area contributed by atoms with E-state index < -0.39 is 17.9 Å². The molecule has 0 heterocycles. The second kappa shape index (κ2) is 5.99. The Morgan fingerprint density at radius 3 is 2.38 bits per heavy atom. The number of hydrogen-bond acceptors (Lipinski definition) is 2. The van der Waals surface area contributed by atoms with Crippen LogP contribution in [0.4, 0.5) is 0 Å². The van der Waals surface area contributed by atoms with Gasteiger partial charge in [-0.15, -0.1) is 6.58 Å². The molecule has 0 aromatic rings. The summed E-state index contributed by atoms with van der Waals surface area (Å²) in [4.78, 5) is 20.6. The molecule has 0 aromatic heterocycles. The average Bonchev–Trinajstić information content (AvgIpc) is 2.02. The van der Waals surface area contributed by atoms with Crippen LogP contribution in [0.5, 0.6) is 0 Å². The van der Waals surface area contributed by atoms with E-state index in [1.165, 1.54) is 18.2 Å². The fourth-order valence-electron chi connectivity index (χ4n) is 0.774. The van der Waals surface area contributed by atoms with Gasteiger partial charge in [-0.2, -0.15) is 0 Å². The van der Waals surface area contributed by atoms with Crippen LogP contribution in [-0.4, -0.2) is 22.2 Å². The topological polar surface area (TPSA) is 74.6 Å². The lowest BCUT2D eigenvalue weighted by atomic mass is 10.1. The Morgan fingerprint density at radius 2 is 2.00 bits per heavy atom. The van der Waals surface area contributed by atoms with Crippen LogP contribution < -0.4 is 0 Å². The zero-order chi connectivity index (χ0) is 10.3. The van der Waals surface area contributed by atoms with Crippen molar-refractivity contribution in [3.8, 4) is 0 Å². The lowest BCUT2D eigenvalue weighted by Gasteiger charge is -2.01. The van der Waals surface area contributed by atoms with E-state index >= 15 is 0 Å². The van der Waals surface area contributed by atoms with Gasteiger partial charge in [-0.25, -0.2) is 0 Å². The number of rotatable bonds is 6. The van der Waals surface area contributed by atoms with Crippen molar-refractivity contribution in [2.45, 2.75) is 12.8 Å². The summed E-state index contributed by atoms with van der Waals surface area (Å²) in [5.41, 5.74) is 0. The van der Waals surface area contributed by atoms with Gasteiger partial charge < -0.3 is 10.2 Å². The monoisotopic (exact) mass is 184 g/mol. The third-order valence-electron chi connectivity index (χ3n) is 1.40. The fraction of sp³-hybridized carbons (Fsp3) is 0.333. The number of hydrogen-bond donors (Lipinski definition) is 2. The summed E-state index contributed by atoms with van der Waals surface area (Å²) in [5.74, 6) is -2.61. The Bertz CT molecular complexity index is 230. The molecule has 0 rings (SSSR count). The highest BCUT2D eigenvalue weighted by Gasteiger charge is 2.10. The predicted molar refractivity (Wildman–Crippen MR) is 47.3 cm³/mol. The van der Waals surface area contributed by atoms with Crippen LogP contribution >= 0.6 is 0 Å². The van der Waals surface area contributed by atoms with Gasteiger partial charge in [-0.3, -0.25) is 9.59 Å². The summed E-state index contributed by atoms with van der Waals surface area (Å²) in [5, 5.41) is 16.9. The minimum atomic E-state index is -0.973. The summed E-state index contributed by atoms with van der Waals surface area (Å²) in [7, 11) is 0. The van der Waals surface area contributed by atoms with Gasteiger partial charge in [0.1, 0.15) is 0 Å². The third-order valence-corrected chi connectivity index (χ3v) is 1.40. The van der Waals surface area contributed by atoms with E-state index in [4.69, 9.17) is 10.2 Å². The Hall–Kier alpha value is -1.58. The maximum absolute atomic E-state index is 10.5. The van der Waals surface area contributed by atoms with E-state index in [0.717, 1.165) is 0 Å². The molecule has 13 heavy (non-hydrogen) atoms. The summed E-state index contributed by atoms with van der Waals surface area (Å²) >= 11 is 0. The predicted octanol–water partition coefficient (Wildman–Crippen LogP) is 1.29. The molecule has 0 radical (unpaired) electrons. The van der Waals surface area contributed by atoms with Crippen molar-refractivity contribution >= 4 is 11.9 Å². The van der Waals surface area contributed by atoms with Crippen LogP contribution in [0.1, 0.15) is 12.8 Å². The molecule has 0 aliphatic heterocycles. The van der Waals surface area contributed by atoms with Gasteiger partial charge in [0.2, 0.25) is 0 Å². The van der Waals surface area contributed by atoms with E-state index in [1.807, 2.05) is 0 Å². The largest absolute Gasteiger partial charge is 0.481 e. The van der Waals surface area contributed by atoms with Crippen molar-refractivity contribution < 1.29 is 19.8 Å². The lowest BCUT2D eigenvalue weighted by Crippen LogP contribution is -2.09. The first-order chi connectivity index (χ1) is 6.07. The SMILES string of the molecule is C=CCC(/C=C/CC(=O)O)C(=O)O. The van der Waals surface area contributed by atoms with E-state index in [1.54, 1.807) is 0 Å². The molecule has 4 heteroatoms. The standard InChI is InChI=1S/C9H12O4/c1-2-4-7(9(12)13)5-3-6-8(10)11/h2-3,5,7H,1,4,6H2,(H,10,11)(H,12,13)/b5-3+. The molecule has 1 atom stereocenters. The average molecular weight is 184 g/mol. The summed E-state index contributed by atoms with van der Waals surface area (Å²) in [6, 6.07) is 0. The van der Waals surface area contributed by atoms with Crippen LogP contribution in [0.25, 0.3) is 0 Å². The summed E-state index contributed by atoms with van der Waals surface area (Å²) in [6.45, 7) is 3.41. The maximum Gasteiger partial charge on any atom is 0.310 e. The Balaban J connectivity index is 4.08. The highest BCUT2D eigenvalue weighted by molar-refractivity contribution is 5.73. The van der Waals surface area contributed by atoms with Gasteiger partial charge in [-0.05, 0) is 6.42 Å². The van der Waals surface area contributed by atoms with Gasteiger partial charge >= 0.3 is 11.9 Å². The van der Waals surface area contributed by atoms with E-state index in [9.17, 15) is 9.59 Å². The Morgan fingerprint density at radius 1 is 1.38 bits per heavy atom. The van der Waals surface area contributed by atoms with Crippen molar-refractivity contribution in [2.75, 3.05) is 0 Å². The second-order valence-electron chi connectivity index (χ2n) is 2.50. The lowest BCUT2D eigenvalue weighted by molar-refractivity contribution is -0.140. The molecule has 0 aromatic carbocycles. The quantitative estimate of drug-likeness (QED) is 0.610. The molecule has 2 N–H and O–H groups in total. The maximum atomic E-state index is 10.5. The van der Waals surface area contributed by atoms with Crippen molar-refractivity contribution in [3.63, 3.8) is 0 Å². The molecule has 0 saturated heterocycles. The number of carbonyl (C=O) groups is 2. The summed E-state index contributed by atoms with van der Waals surface area (Å²) < 4.78 is 0. The first kappa shape index (κ1) is 11.4. The van der Waals surface area contributed by atoms with Crippen LogP contribution in [0.3, 0.4) is 0 Å². The van der Waals surface area contributed by atoms with Gasteiger partial charge in [0.25, 0.3) is 0 Å². The Kier molecular flexibility index (Phi) is 5.27. The van der Waals surface area contributed by atoms with E-state index in [2.05, 4.69) is 6.58 Å². The van der Waals surface area contributed by atoms with Crippen LogP contribution in [0, 0.1) is 5.92 Å². The normalized spacial score (nSPS) is 12.6. The van der Waals surface area contributed by atoms with Crippen LogP contribution in [0.15, 0.2) is 24.8 Å². The van der Waals surface area contributed by atoms with Gasteiger partial charge in [0.05, 0.1) is 12.3 Å². The molecule has 0 amide bonds. The number of aliphatic carboxylic acids is 2. The molecule has 0 aliphatic carbocycles. The van der Waals surface area contributed by atoms with Gasteiger partial charge in [-0.1, -0.05) is 18.2 Å². The zero-order valence-corrected chi connectivity index (χ0v) is 7.14. The first-order valence-electron chi connectivity index (χ1n) is 3.80. The molecular weight excluding hydrogens is 172 g/mol. The zero-order valence-electron chi connectivity index (χ0n) is 7.14. The molecule has 0 saturated carbocycles. The molecule has 72 valence electrons. The van der Waals surface area contributed by atoms with Crippen LogP contribution in [-0.2, 0) is 9.59 Å². The smallest absolute Gasteiger partial charge is 0.310 e. The molecule has 0 fully saturated rings. The minimum absolute atomic E-state index is 0.152. The highest BCUT2D eigenvalue weighted by atomic mass is 16.4. The summed E-state index contributed by atoms with van der Waals surface area (Å²) in [6.07, 6.45) is 4.36. The molecule has 0 bridgehead atoms. The molecule has 0 aliphatic rings. The van der Waals surface area contributed by atoms with Gasteiger partial charge in [0, 0.05) is 0 Å². The first-order valence-corrected chi connectivity index (χ1v) is 3.80. The molecule has 0 spiro atoms. The van der Waals surface area contributed by atoms with Crippen LogP contribution in [0.2, 0.25) is 0 Å². The fourth-order valence-corrected chi connectivity index (χ4v) is 0.774. The minimum Gasteiger partial charge on any atom is -0.481 e. The second-order valence-corrected chi connectivity index (χ2v) is 2.50. The van der Waals surface area contributed by atoms with Crippen molar-refractivity contribution in [1.29, 1.82) is 0 Å². The molecular formula is C9H12O4. The highest BCUT2D eigenvalue weighted by Crippen LogP contribution is 2.06. The number of carboxylic acids is 2. The van der Waals surface area contributed by atoms with Gasteiger partial charge in [0.15, 0.2) is 0 Å². The van der Waals surface area contributed by atoms with E-state index in [0.29, 0.717) is 6.42 Å².